The van der Waals surface area contributed by atoms with Crippen LogP contribution in [-0.2, 0) is 4.79 Å². The summed E-state index contributed by atoms with van der Waals surface area (Å²) < 4.78 is 5.45. The summed E-state index contributed by atoms with van der Waals surface area (Å²) in [5, 5.41) is 14.1. The van der Waals surface area contributed by atoms with Crippen molar-refractivity contribution in [1.29, 1.82) is 0 Å². The Labute approximate surface area is 176 Å². The minimum absolute atomic E-state index is 0.185. The Morgan fingerprint density at radius 1 is 1.14 bits per heavy atom. The van der Waals surface area contributed by atoms with Crippen LogP contribution in [0.1, 0.15) is 55.9 Å². The van der Waals surface area contributed by atoms with Crippen LogP contribution in [0.15, 0.2) is 24.3 Å². The van der Waals surface area contributed by atoms with Gasteiger partial charge >= 0.3 is 0 Å². The fraction of sp³-hybridized carbons (Fsp3) is 0.591. The normalized spacial score (nSPS) is 19.2. The first-order valence-electron chi connectivity index (χ1n) is 10.7. The van der Waals surface area contributed by atoms with Crippen LogP contribution in [0.5, 0.6) is 5.75 Å². The molecule has 1 aliphatic carbocycles. The lowest BCUT2D eigenvalue weighted by molar-refractivity contribution is -0.123. The first-order valence-corrected chi connectivity index (χ1v) is 11.5. The Morgan fingerprint density at radius 2 is 1.90 bits per heavy atom. The van der Waals surface area contributed by atoms with Gasteiger partial charge in [0.15, 0.2) is 5.01 Å². The van der Waals surface area contributed by atoms with E-state index < -0.39 is 0 Å². The van der Waals surface area contributed by atoms with Crippen LogP contribution >= 0.6 is 11.3 Å². The highest BCUT2D eigenvalue weighted by Crippen LogP contribution is 2.36. The summed E-state index contributed by atoms with van der Waals surface area (Å²) >= 11 is 1.66. The molecule has 1 N–H and O–H groups in total. The van der Waals surface area contributed by atoms with Crippen LogP contribution in [0.2, 0.25) is 0 Å². The third-order valence-electron chi connectivity index (χ3n) is 6.05. The molecule has 1 aliphatic heterocycles. The van der Waals surface area contributed by atoms with Crippen LogP contribution in [0.3, 0.4) is 0 Å². The van der Waals surface area contributed by atoms with Gasteiger partial charge in [-0.1, -0.05) is 42.7 Å². The van der Waals surface area contributed by atoms with E-state index >= 15 is 0 Å². The molecule has 0 atom stereocenters. The van der Waals surface area contributed by atoms with Gasteiger partial charge in [-0.05, 0) is 50.9 Å². The highest BCUT2D eigenvalue weighted by molar-refractivity contribution is 7.14. The van der Waals surface area contributed by atoms with E-state index in [9.17, 15) is 4.79 Å². The molecule has 1 aromatic heterocycles. The Balaban J connectivity index is 1.28. The summed E-state index contributed by atoms with van der Waals surface area (Å²) in [7, 11) is 1.68. The van der Waals surface area contributed by atoms with Crippen molar-refractivity contribution in [3.05, 3.63) is 29.3 Å². The van der Waals surface area contributed by atoms with Crippen molar-refractivity contribution in [2.75, 3.05) is 26.7 Å². The number of hydrogen-bond acceptors (Lipinski definition) is 6. The van der Waals surface area contributed by atoms with E-state index in [1.165, 1.54) is 19.3 Å². The summed E-state index contributed by atoms with van der Waals surface area (Å²) in [6.07, 6.45) is 8.13. The van der Waals surface area contributed by atoms with Crippen molar-refractivity contribution >= 4 is 17.2 Å². The van der Waals surface area contributed by atoms with Gasteiger partial charge in [-0.3, -0.25) is 9.69 Å². The van der Waals surface area contributed by atoms with E-state index in [4.69, 9.17) is 4.74 Å². The van der Waals surface area contributed by atoms with E-state index in [0.717, 1.165) is 60.1 Å². The van der Waals surface area contributed by atoms with Gasteiger partial charge in [0.1, 0.15) is 10.8 Å². The van der Waals surface area contributed by atoms with Crippen LogP contribution in [0.4, 0.5) is 0 Å². The standard InChI is InChI=1S/C22H30N4O2S/c1-28-19-10-6-5-9-18(19)22-25-24-21(29-22)16-11-13-26(14-12-16)15-20(27)23-17-7-3-2-4-8-17/h5-6,9-10,16-17H,2-4,7-8,11-15H2,1H3,(H,23,27). The number of benzene rings is 1. The predicted octanol–water partition coefficient (Wildman–Crippen LogP) is 3.84. The molecule has 1 aromatic carbocycles. The molecule has 1 saturated carbocycles. The number of hydrogen-bond donors (Lipinski definition) is 1. The van der Waals surface area contributed by atoms with Crippen molar-refractivity contribution in [3.8, 4) is 16.3 Å². The number of methoxy groups -OCH3 is 1. The molecule has 2 aromatic rings. The first-order chi connectivity index (χ1) is 14.2. The van der Waals surface area contributed by atoms with Crippen LogP contribution in [-0.4, -0.2) is 53.8 Å². The fourth-order valence-electron chi connectivity index (χ4n) is 4.39. The zero-order valence-electron chi connectivity index (χ0n) is 17.1. The van der Waals surface area contributed by atoms with Gasteiger partial charge in [0, 0.05) is 12.0 Å². The van der Waals surface area contributed by atoms with Crippen molar-refractivity contribution in [2.45, 2.75) is 56.9 Å². The lowest BCUT2D eigenvalue weighted by Crippen LogP contribution is -2.44. The van der Waals surface area contributed by atoms with Crippen LogP contribution < -0.4 is 10.1 Å². The number of piperidine rings is 1. The SMILES string of the molecule is COc1ccccc1-c1nnc(C2CCN(CC(=O)NC3CCCCC3)CC2)s1. The molecule has 7 heteroatoms. The second-order valence-corrected chi connectivity index (χ2v) is 9.11. The fourth-order valence-corrected chi connectivity index (χ4v) is 5.43. The predicted molar refractivity (Wildman–Crippen MR) is 115 cm³/mol. The number of ether oxygens (including phenoxy) is 1. The minimum atomic E-state index is 0.185. The summed E-state index contributed by atoms with van der Waals surface area (Å²) in [5.41, 5.74) is 0.996. The molecule has 156 valence electrons. The summed E-state index contributed by atoms with van der Waals surface area (Å²) in [6.45, 7) is 2.39. The quantitative estimate of drug-likeness (QED) is 0.778. The molecular formula is C22H30N4O2S. The van der Waals surface area contributed by atoms with Gasteiger partial charge in [-0.25, -0.2) is 0 Å². The monoisotopic (exact) mass is 414 g/mol. The molecule has 1 amide bonds. The van der Waals surface area contributed by atoms with Gasteiger partial charge in [0.05, 0.1) is 19.2 Å². The molecule has 29 heavy (non-hydrogen) atoms. The number of amides is 1. The Hall–Kier alpha value is -1.99. The smallest absolute Gasteiger partial charge is 0.234 e. The highest BCUT2D eigenvalue weighted by Gasteiger charge is 2.26. The summed E-state index contributed by atoms with van der Waals surface area (Å²) in [6, 6.07) is 8.33. The molecule has 2 fully saturated rings. The Morgan fingerprint density at radius 3 is 2.66 bits per heavy atom. The van der Waals surface area contributed by atoms with E-state index in [0.29, 0.717) is 18.5 Å². The molecule has 0 radical (unpaired) electrons. The van der Waals surface area contributed by atoms with Crippen molar-refractivity contribution < 1.29 is 9.53 Å². The average Bonchev–Trinajstić information content (AvgIpc) is 3.25. The Kier molecular flexibility index (Phi) is 6.77. The average molecular weight is 415 g/mol. The van der Waals surface area contributed by atoms with Gasteiger partial charge in [-0.15, -0.1) is 10.2 Å². The van der Waals surface area contributed by atoms with Gasteiger partial charge in [-0.2, -0.15) is 0 Å². The zero-order chi connectivity index (χ0) is 20.1. The zero-order valence-corrected chi connectivity index (χ0v) is 17.9. The summed E-state index contributed by atoms with van der Waals surface area (Å²) in [5.74, 6) is 1.44. The third-order valence-corrected chi connectivity index (χ3v) is 7.17. The molecule has 0 unspecified atom stereocenters. The number of aromatic nitrogens is 2. The van der Waals surface area contributed by atoms with Crippen molar-refractivity contribution in [3.63, 3.8) is 0 Å². The van der Waals surface area contributed by atoms with Crippen molar-refractivity contribution in [1.82, 2.24) is 20.4 Å². The second-order valence-electron chi connectivity index (χ2n) is 8.10. The van der Waals surface area contributed by atoms with E-state index in [-0.39, 0.29) is 5.91 Å². The molecular weight excluding hydrogens is 384 g/mol. The molecule has 6 nitrogen and oxygen atoms in total. The number of likely N-dealkylation sites (tertiary alicyclic amines) is 1. The molecule has 0 spiro atoms. The van der Waals surface area contributed by atoms with Crippen LogP contribution in [0.25, 0.3) is 10.6 Å². The number of nitrogens with one attached hydrogen (secondary N) is 1. The maximum atomic E-state index is 12.4. The third kappa shape index (κ3) is 5.14. The van der Waals surface area contributed by atoms with E-state index in [2.05, 4.69) is 20.4 Å². The van der Waals surface area contributed by atoms with E-state index in [1.807, 2.05) is 24.3 Å². The maximum absolute atomic E-state index is 12.4. The molecule has 2 aliphatic rings. The van der Waals surface area contributed by atoms with Crippen LogP contribution in [0, 0.1) is 0 Å². The number of rotatable bonds is 6. The number of carbonyl (C=O) groups is 1. The number of nitrogens with zero attached hydrogens (tertiary/aromatic N) is 3. The van der Waals surface area contributed by atoms with Crippen molar-refractivity contribution in [2.24, 2.45) is 0 Å². The molecule has 2 heterocycles. The van der Waals surface area contributed by atoms with Gasteiger partial charge in [0.25, 0.3) is 0 Å². The minimum Gasteiger partial charge on any atom is -0.496 e. The second kappa shape index (κ2) is 9.67. The number of carbonyl (C=O) groups excluding carboxylic acids is 1. The lowest BCUT2D eigenvalue weighted by atomic mass is 9.95. The molecule has 4 rings (SSSR count). The lowest BCUT2D eigenvalue weighted by Gasteiger charge is -2.31. The van der Waals surface area contributed by atoms with E-state index in [1.54, 1.807) is 18.4 Å². The maximum Gasteiger partial charge on any atom is 0.234 e. The van der Waals surface area contributed by atoms with Gasteiger partial charge < -0.3 is 10.1 Å². The molecule has 0 bridgehead atoms. The van der Waals surface area contributed by atoms with Gasteiger partial charge in [0.2, 0.25) is 5.91 Å². The molecule has 1 saturated heterocycles. The highest BCUT2D eigenvalue weighted by atomic mass is 32.1. The number of para-hydroxylation sites is 1. The Bertz CT molecular complexity index is 811. The largest absolute Gasteiger partial charge is 0.496 e. The topological polar surface area (TPSA) is 67.4 Å². The summed E-state index contributed by atoms with van der Waals surface area (Å²) in [4.78, 5) is 14.6. The first kappa shape index (κ1) is 20.3.